The van der Waals surface area contributed by atoms with Crippen LogP contribution in [0.2, 0.25) is 0 Å². The topological polar surface area (TPSA) is 57.6 Å². The van der Waals surface area contributed by atoms with Gasteiger partial charge in [0.2, 0.25) is 10.0 Å². The third kappa shape index (κ3) is 1.68. The fraction of sp³-hybridized carbons (Fsp3) is 1.00. The molecule has 5 heteroatoms. The van der Waals surface area contributed by atoms with Crippen LogP contribution in [0.1, 0.15) is 6.42 Å². The lowest BCUT2D eigenvalue weighted by molar-refractivity contribution is 0.189. The van der Waals surface area contributed by atoms with E-state index in [0.717, 1.165) is 6.26 Å². The molecule has 0 amide bonds. The number of hydrogen-bond acceptors (Lipinski definition) is 3. The van der Waals surface area contributed by atoms with Gasteiger partial charge < -0.3 is 5.11 Å². The van der Waals surface area contributed by atoms with Crippen LogP contribution >= 0.6 is 0 Å². The Morgan fingerprint density at radius 1 is 1.60 bits per heavy atom. The van der Waals surface area contributed by atoms with Crippen molar-refractivity contribution in [2.75, 3.05) is 19.3 Å². The number of nitrogens with zero attached hydrogens (tertiary/aromatic N) is 1. The minimum Gasteiger partial charge on any atom is -0.392 e. The molecule has 1 N–H and O–H groups in total. The molecule has 4 nitrogen and oxygen atoms in total. The average Bonchev–Trinajstić information content (AvgIpc) is 2.11. The molecular formula is C5H11NO3S. The molecular weight excluding hydrogens is 154 g/mol. The molecule has 10 heavy (non-hydrogen) atoms. The Labute approximate surface area is 60.5 Å². The summed E-state index contributed by atoms with van der Waals surface area (Å²) in [6, 6.07) is 0. The second kappa shape index (κ2) is 2.48. The molecule has 0 unspecified atom stereocenters. The van der Waals surface area contributed by atoms with Crippen molar-refractivity contribution in [1.29, 1.82) is 0 Å². The van der Waals surface area contributed by atoms with Crippen LogP contribution in [0.25, 0.3) is 0 Å². The number of sulfonamides is 1. The maximum absolute atomic E-state index is 10.8. The summed E-state index contributed by atoms with van der Waals surface area (Å²) >= 11 is 0. The molecule has 1 heterocycles. The van der Waals surface area contributed by atoms with Crippen LogP contribution in [-0.4, -0.2) is 43.3 Å². The van der Waals surface area contributed by atoms with E-state index in [1.54, 1.807) is 0 Å². The Kier molecular flexibility index (Phi) is 1.98. The Morgan fingerprint density at radius 3 is 2.40 bits per heavy atom. The van der Waals surface area contributed by atoms with Crippen LogP contribution in [0.5, 0.6) is 0 Å². The molecule has 60 valence electrons. The summed E-state index contributed by atoms with van der Waals surface area (Å²) in [6.45, 7) is 0.721. The molecule has 0 aromatic heterocycles. The predicted molar refractivity (Wildman–Crippen MR) is 37.0 cm³/mol. The molecule has 1 atom stereocenters. The van der Waals surface area contributed by atoms with Crippen LogP contribution in [0.15, 0.2) is 0 Å². The predicted octanol–water partition coefficient (Wildman–Crippen LogP) is -0.987. The van der Waals surface area contributed by atoms with Crippen LogP contribution < -0.4 is 0 Å². The third-order valence-corrected chi connectivity index (χ3v) is 2.86. The van der Waals surface area contributed by atoms with Gasteiger partial charge in [0, 0.05) is 13.1 Å². The summed E-state index contributed by atoms with van der Waals surface area (Å²) in [4.78, 5) is 0. The smallest absolute Gasteiger partial charge is 0.211 e. The van der Waals surface area contributed by atoms with Crippen molar-refractivity contribution < 1.29 is 13.5 Å². The molecule has 0 spiro atoms. The monoisotopic (exact) mass is 165 g/mol. The van der Waals surface area contributed by atoms with Crippen molar-refractivity contribution in [1.82, 2.24) is 4.31 Å². The summed E-state index contributed by atoms with van der Waals surface area (Å²) in [5.41, 5.74) is 0. The van der Waals surface area contributed by atoms with Crippen molar-refractivity contribution >= 4 is 10.0 Å². The summed E-state index contributed by atoms with van der Waals surface area (Å²) in [7, 11) is -3.06. The third-order valence-electron chi connectivity index (χ3n) is 1.60. The Morgan fingerprint density at radius 2 is 2.20 bits per heavy atom. The number of rotatable bonds is 1. The first-order valence-corrected chi connectivity index (χ1v) is 4.98. The largest absolute Gasteiger partial charge is 0.392 e. The van der Waals surface area contributed by atoms with Gasteiger partial charge in [0.25, 0.3) is 0 Å². The number of aliphatic hydroxyl groups is 1. The van der Waals surface area contributed by atoms with Crippen molar-refractivity contribution in [2.24, 2.45) is 0 Å². The molecule has 0 aliphatic carbocycles. The van der Waals surface area contributed by atoms with Crippen molar-refractivity contribution in [3.8, 4) is 0 Å². The molecule has 0 aromatic rings. The van der Waals surface area contributed by atoms with Gasteiger partial charge in [-0.15, -0.1) is 0 Å². The minimum atomic E-state index is -3.06. The molecule has 0 aromatic carbocycles. The molecule has 1 rings (SSSR count). The SMILES string of the molecule is CS(=O)(=O)N1CC[C@@H](O)C1. The molecule has 1 saturated heterocycles. The van der Waals surface area contributed by atoms with E-state index in [0.29, 0.717) is 13.0 Å². The van der Waals surface area contributed by atoms with Gasteiger partial charge in [-0.25, -0.2) is 8.42 Å². The lowest BCUT2D eigenvalue weighted by Crippen LogP contribution is -2.28. The number of aliphatic hydroxyl groups excluding tert-OH is 1. The van der Waals surface area contributed by atoms with Gasteiger partial charge in [-0.1, -0.05) is 0 Å². The normalized spacial score (nSPS) is 29.2. The second-order valence-electron chi connectivity index (χ2n) is 2.56. The highest BCUT2D eigenvalue weighted by Crippen LogP contribution is 2.11. The fourth-order valence-electron chi connectivity index (χ4n) is 1.01. The first-order chi connectivity index (χ1) is 4.50. The molecule has 1 fully saturated rings. The molecule has 0 bridgehead atoms. The lowest BCUT2D eigenvalue weighted by atomic mass is 10.3. The minimum absolute atomic E-state index is 0.263. The van der Waals surface area contributed by atoms with E-state index < -0.39 is 16.1 Å². The van der Waals surface area contributed by atoms with Crippen molar-refractivity contribution in [3.63, 3.8) is 0 Å². The number of hydrogen-bond donors (Lipinski definition) is 1. The zero-order valence-corrected chi connectivity index (χ0v) is 6.63. The fourth-order valence-corrected chi connectivity index (χ4v) is 1.89. The maximum Gasteiger partial charge on any atom is 0.211 e. The van der Waals surface area contributed by atoms with E-state index in [9.17, 15) is 8.42 Å². The first kappa shape index (κ1) is 7.97. The zero-order chi connectivity index (χ0) is 7.78. The van der Waals surface area contributed by atoms with Gasteiger partial charge in [-0.2, -0.15) is 4.31 Å². The van der Waals surface area contributed by atoms with E-state index in [2.05, 4.69) is 0 Å². The van der Waals surface area contributed by atoms with Gasteiger partial charge in [-0.3, -0.25) is 0 Å². The second-order valence-corrected chi connectivity index (χ2v) is 4.55. The van der Waals surface area contributed by atoms with Gasteiger partial charge in [0.15, 0.2) is 0 Å². The highest BCUT2D eigenvalue weighted by atomic mass is 32.2. The maximum atomic E-state index is 10.8. The van der Waals surface area contributed by atoms with Crippen LogP contribution in [-0.2, 0) is 10.0 Å². The van der Waals surface area contributed by atoms with Gasteiger partial charge in [0.05, 0.1) is 12.4 Å². The van der Waals surface area contributed by atoms with Gasteiger partial charge >= 0.3 is 0 Å². The Bertz CT molecular complexity index is 211. The molecule has 1 aliphatic rings. The van der Waals surface area contributed by atoms with E-state index in [-0.39, 0.29) is 6.54 Å². The lowest BCUT2D eigenvalue weighted by Gasteiger charge is -2.10. The highest BCUT2D eigenvalue weighted by molar-refractivity contribution is 7.88. The quantitative estimate of drug-likeness (QED) is 0.543. The zero-order valence-electron chi connectivity index (χ0n) is 5.82. The summed E-state index contributed by atoms with van der Waals surface area (Å²) < 4.78 is 22.9. The van der Waals surface area contributed by atoms with Crippen LogP contribution in [0, 0.1) is 0 Å². The number of β-amino-alcohol motifs (C(OH)–C–C–N with tert-alkyl or cyclic N) is 1. The summed E-state index contributed by atoms with van der Waals surface area (Å²) in [6.07, 6.45) is 1.26. The average molecular weight is 165 g/mol. The van der Waals surface area contributed by atoms with Gasteiger partial charge in [-0.05, 0) is 6.42 Å². The summed E-state index contributed by atoms with van der Waals surface area (Å²) in [5.74, 6) is 0. The van der Waals surface area contributed by atoms with E-state index in [1.807, 2.05) is 0 Å². The van der Waals surface area contributed by atoms with Crippen molar-refractivity contribution in [3.05, 3.63) is 0 Å². The van der Waals surface area contributed by atoms with E-state index >= 15 is 0 Å². The van der Waals surface area contributed by atoms with Crippen molar-refractivity contribution in [2.45, 2.75) is 12.5 Å². The summed E-state index contributed by atoms with van der Waals surface area (Å²) in [5, 5.41) is 8.96. The van der Waals surface area contributed by atoms with Crippen LogP contribution in [0.4, 0.5) is 0 Å². The van der Waals surface area contributed by atoms with Gasteiger partial charge in [0.1, 0.15) is 0 Å². The highest BCUT2D eigenvalue weighted by Gasteiger charge is 2.26. The molecule has 0 saturated carbocycles. The van der Waals surface area contributed by atoms with E-state index in [4.69, 9.17) is 5.11 Å². The standard InChI is InChI=1S/C5H11NO3S/c1-10(8,9)6-3-2-5(7)4-6/h5,7H,2-4H2,1H3/t5-/m1/s1. The Balaban J connectivity index is 2.62. The molecule has 0 radical (unpaired) electrons. The van der Waals surface area contributed by atoms with E-state index in [1.165, 1.54) is 4.31 Å². The van der Waals surface area contributed by atoms with Crippen LogP contribution in [0.3, 0.4) is 0 Å². The molecule has 1 aliphatic heterocycles. The first-order valence-electron chi connectivity index (χ1n) is 3.13. The Hall–Kier alpha value is -0.130.